The maximum Gasteiger partial charge on any atom is 0.175 e. The summed E-state index contributed by atoms with van der Waals surface area (Å²) in [6.45, 7) is 3.87. The molecule has 0 atom stereocenters. The Hall–Kier alpha value is -1.41. The minimum atomic E-state index is 0.0715. The van der Waals surface area contributed by atoms with E-state index in [9.17, 15) is 4.79 Å². The molecule has 0 aliphatic rings. The predicted molar refractivity (Wildman–Crippen MR) is 68.9 cm³/mol. The topological polar surface area (TPSA) is 17.1 Å². The van der Waals surface area contributed by atoms with Gasteiger partial charge in [-0.25, -0.2) is 0 Å². The Balaban J connectivity index is 2.30. The molecule has 1 aromatic carbocycles. The zero-order valence-electron chi connectivity index (χ0n) is 9.44. The summed E-state index contributed by atoms with van der Waals surface area (Å²) in [7, 11) is 0. The fourth-order valence-corrected chi connectivity index (χ4v) is 2.61. The summed E-state index contributed by atoms with van der Waals surface area (Å²) >= 11 is 1.57. The van der Waals surface area contributed by atoms with Crippen LogP contribution in [0.5, 0.6) is 0 Å². The molecule has 16 heavy (non-hydrogen) atoms. The van der Waals surface area contributed by atoms with Crippen molar-refractivity contribution >= 4 is 17.1 Å². The van der Waals surface area contributed by atoms with Crippen LogP contribution in [0.3, 0.4) is 0 Å². The molecule has 0 amide bonds. The average molecular weight is 230 g/mol. The molecule has 0 N–H and O–H groups in total. The van der Waals surface area contributed by atoms with Gasteiger partial charge in [-0.1, -0.05) is 44.2 Å². The van der Waals surface area contributed by atoms with Gasteiger partial charge in [-0.2, -0.15) is 0 Å². The van der Waals surface area contributed by atoms with Crippen LogP contribution in [0.2, 0.25) is 0 Å². The average Bonchev–Trinajstić information content (AvgIpc) is 2.78. The van der Waals surface area contributed by atoms with Crippen molar-refractivity contribution in [3.05, 3.63) is 47.3 Å². The van der Waals surface area contributed by atoms with Gasteiger partial charge in [0, 0.05) is 10.8 Å². The summed E-state index contributed by atoms with van der Waals surface area (Å²) < 4.78 is 0. The van der Waals surface area contributed by atoms with E-state index in [1.165, 1.54) is 5.56 Å². The second kappa shape index (κ2) is 4.62. The van der Waals surface area contributed by atoms with Gasteiger partial charge in [0.2, 0.25) is 0 Å². The molecule has 0 aliphatic carbocycles. The first-order chi connectivity index (χ1) is 7.68. The monoisotopic (exact) mass is 230 g/mol. The van der Waals surface area contributed by atoms with E-state index in [0.717, 1.165) is 9.75 Å². The Morgan fingerprint density at radius 2 is 1.75 bits per heavy atom. The summed E-state index contributed by atoms with van der Waals surface area (Å²) in [6, 6.07) is 14.1. The maximum absolute atomic E-state index is 11.8. The Labute approximate surface area is 99.8 Å². The number of benzene rings is 1. The molecule has 2 rings (SSSR count). The molecule has 0 saturated carbocycles. The van der Waals surface area contributed by atoms with Crippen molar-refractivity contribution < 1.29 is 4.79 Å². The fraction of sp³-hybridized carbons (Fsp3) is 0.214. The third-order valence-electron chi connectivity index (χ3n) is 2.43. The van der Waals surface area contributed by atoms with E-state index in [1.807, 2.05) is 44.2 Å². The SMILES string of the molecule is CC(C)C(=O)c1ccc(-c2ccccc2)s1. The third-order valence-corrected chi connectivity index (χ3v) is 3.58. The molecule has 0 fully saturated rings. The summed E-state index contributed by atoms with van der Waals surface area (Å²) in [5.74, 6) is 0.300. The van der Waals surface area contributed by atoms with Gasteiger partial charge >= 0.3 is 0 Å². The highest BCUT2D eigenvalue weighted by Crippen LogP contribution is 2.29. The Bertz CT molecular complexity index is 482. The summed E-state index contributed by atoms with van der Waals surface area (Å²) in [6.07, 6.45) is 0. The van der Waals surface area contributed by atoms with E-state index in [-0.39, 0.29) is 11.7 Å². The van der Waals surface area contributed by atoms with Gasteiger partial charge in [0.05, 0.1) is 4.88 Å². The van der Waals surface area contributed by atoms with Gasteiger partial charge in [0.25, 0.3) is 0 Å². The minimum absolute atomic E-state index is 0.0715. The zero-order chi connectivity index (χ0) is 11.5. The Kier molecular flexibility index (Phi) is 3.20. The number of ketones is 1. The van der Waals surface area contributed by atoms with Crippen molar-refractivity contribution in [3.8, 4) is 10.4 Å². The van der Waals surface area contributed by atoms with Crippen molar-refractivity contribution in [1.29, 1.82) is 0 Å². The molecule has 0 unspecified atom stereocenters. The van der Waals surface area contributed by atoms with Crippen LogP contribution in [0.1, 0.15) is 23.5 Å². The quantitative estimate of drug-likeness (QED) is 0.720. The van der Waals surface area contributed by atoms with E-state index >= 15 is 0 Å². The molecule has 2 aromatic rings. The van der Waals surface area contributed by atoms with E-state index in [4.69, 9.17) is 0 Å². The number of carbonyl (C=O) groups is 1. The van der Waals surface area contributed by atoms with E-state index < -0.39 is 0 Å². The molecule has 0 aliphatic heterocycles. The lowest BCUT2D eigenvalue weighted by Gasteiger charge is -1.99. The summed E-state index contributed by atoms with van der Waals surface area (Å²) in [4.78, 5) is 13.8. The van der Waals surface area contributed by atoms with Crippen LogP contribution in [0.4, 0.5) is 0 Å². The van der Waals surface area contributed by atoms with Crippen molar-refractivity contribution in [2.24, 2.45) is 5.92 Å². The fourth-order valence-electron chi connectivity index (χ4n) is 1.51. The van der Waals surface area contributed by atoms with Gasteiger partial charge in [-0.3, -0.25) is 4.79 Å². The van der Waals surface area contributed by atoms with Crippen LogP contribution in [-0.4, -0.2) is 5.78 Å². The summed E-state index contributed by atoms with van der Waals surface area (Å²) in [5, 5.41) is 0. The molecule has 2 heteroatoms. The van der Waals surface area contributed by atoms with Crippen LogP contribution >= 0.6 is 11.3 Å². The lowest BCUT2D eigenvalue weighted by molar-refractivity contribution is 0.0943. The van der Waals surface area contributed by atoms with E-state index in [1.54, 1.807) is 11.3 Å². The van der Waals surface area contributed by atoms with Gasteiger partial charge < -0.3 is 0 Å². The summed E-state index contributed by atoms with van der Waals surface area (Å²) in [5.41, 5.74) is 1.18. The highest BCUT2D eigenvalue weighted by atomic mass is 32.1. The van der Waals surface area contributed by atoms with Crippen molar-refractivity contribution in [3.63, 3.8) is 0 Å². The van der Waals surface area contributed by atoms with Crippen molar-refractivity contribution in [2.45, 2.75) is 13.8 Å². The number of thiophene rings is 1. The molecule has 0 bridgehead atoms. The number of hydrogen-bond donors (Lipinski definition) is 0. The van der Waals surface area contributed by atoms with Gasteiger partial charge in [-0.05, 0) is 17.7 Å². The van der Waals surface area contributed by atoms with Crippen LogP contribution in [0, 0.1) is 5.92 Å². The Morgan fingerprint density at radius 1 is 1.06 bits per heavy atom. The molecule has 0 spiro atoms. The Morgan fingerprint density at radius 3 is 2.38 bits per heavy atom. The molecule has 82 valence electrons. The molecule has 1 nitrogen and oxygen atoms in total. The lowest BCUT2D eigenvalue weighted by atomic mass is 10.1. The standard InChI is InChI=1S/C14H14OS/c1-10(2)14(15)13-9-8-12(16-13)11-6-4-3-5-7-11/h3-10H,1-2H3. The molecule has 0 saturated heterocycles. The first-order valence-corrected chi connectivity index (χ1v) is 6.19. The van der Waals surface area contributed by atoms with Crippen LogP contribution in [0.25, 0.3) is 10.4 Å². The normalized spacial score (nSPS) is 10.7. The first kappa shape index (κ1) is 11.1. The van der Waals surface area contributed by atoms with E-state index in [0.29, 0.717) is 0 Å². The first-order valence-electron chi connectivity index (χ1n) is 5.38. The number of hydrogen-bond acceptors (Lipinski definition) is 2. The van der Waals surface area contributed by atoms with Gasteiger partial charge in [0.15, 0.2) is 5.78 Å². The van der Waals surface area contributed by atoms with Gasteiger partial charge in [0.1, 0.15) is 0 Å². The van der Waals surface area contributed by atoms with E-state index in [2.05, 4.69) is 12.1 Å². The number of carbonyl (C=O) groups excluding carboxylic acids is 1. The van der Waals surface area contributed by atoms with Crippen LogP contribution < -0.4 is 0 Å². The molecular weight excluding hydrogens is 216 g/mol. The highest BCUT2D eigenvalue weighted by molar-refractivity contribution is 7.17. The highest BCUT2D eigenvalue weighted by Gasteiger charge is 2.13. The van der Waals surface area contributed by atoms with Crippen molar-refractivity contribution in [1.82, 2.24) is 0 Å². The largest absolute Gasteiger partial charge is 0.293 e. The minimum Gasteiger partial charge on any atom is -0.293 e. The number of Topliss-reactive ketones (excluding diaryl/α,β-unsaturated/α-hetero) is 1. The lowest BCUT2D eigenvalue weighted by Crippen LogP contribution is -2.04. The number of rotatable bonds is 3. The predicted octanol–water partition coefficient (Wildman–Crippen LogP) is 4.25. The van der Waals surface area contributed by atoms with Crippen LogP contribution in [0.15, 0.2) is 42.5 Å². The molecule has 0 radical (unpaired) electrons. The van der Waals surface area contributed by atoms with Crippen molar-refractivity contribution in [2.75, 3.05) is 0 Å². The molecule has 1 aromatic heterocycles. The maximum atomic E-state index is 11.8. The van der Waals surface area contributed by atoms with Gasteiger partial charge in [-0.15, -0.1) is 11.3 Å². The second-order valence-electron chi connectivity index (χ2n) is 4.05. The zero-order valence-corrected chi connectivity index (χ0v) is 10.3. The third kappa shape index (κ3) is 2.22. The second-order valence-corrected chi connectivity index (χ2v) is 5.13. The van der Waals surface area contributed by atoms with Crippen LogP contribution in [-0.2, 0) is 0 Å². The molecular formula is C14H14OS. The smallest absolute Gasteiger partial charge is 0.175 e. The molecule has 1 heterocycles.